The van der Waals surface area contributed by atoms with E-state index in [1.54, 1.807) is 42.9 Å². The van der Waals surface area contributed by atoms with Crippen LogP contribution >= 0.6 is 11.3 Å². The number of thiophene rings is 1. The summed E-state index contributed by atoms with van der Waals surface area (Å²) in [5.41, 5.74) is 0.598. The Balaban J connectivity index is 1.44. The van der Waals surface area contributed by atoms with Gasteiger partial charge >= 0.3 is 5.97 Å². The zero-order valence-corrected chi connectivity index (χ0v) is 17.9. The molecule has 0 aliphatic carbocycles. The molecule has 8 heteroatoms. The average molecular weight is 429 g/mol. The van der Waals surface area contributed by atoms with Crippen LogP contribution in [0.5, 0.6) is 11.5 Å². The molecular weight excluding hydrogens is 404 g/mol. The number of esters is 1. The lowest BCUT2D eigenvalue weighted by Crippen LogP contribution is -2.24. The highest BCUT2D eigenvalue weighted by Gasteiger charge is 2.23. The van der Waals surface area contributed by atoms with Crippen molar-refractivity contribution >= 4 is 27.5 Å². The number of nitrogens with zero attached hydrogens (tertiary/aromatic N) is 2. The minimum atomic E-state index is -0.451. The standard InChI is InChI=1S/C22H24N2O5S/c1-14-18-20(23-17-6-4-3-5-11-24(17)21(18)25)30-19(14)22(26)29-13-12-28-16-9-7-15(27-2)8-10-16/h7-10H,3-6,11-13H2,1-2H3. The fraction of sp³-hybridized carbons (Fsp3) is 0.409. The lowest BCUT2D eigenvalue weighted by molar-refractivity contribution is 0.0455. The first-order valence-electron chi connectivity index (χ1n) is 10.1. The summed E-state index contributed by atoms with van der Waals surface area (Å²) in [4.78, 5) is 31.3. The van der Waals surface area contributed by atoms with Gasteiger partial charge in [-0.2, -0.15) is 0 Å². The summed E-state index contributed by atoms with van der Waals surface area (Å²) in [5.74, 6) is 1.78. The highest BCUT2D eigenvalue weighted by Crippen LogP contribution is 2.29. The lowest BCUT2D eigenvalue weighted by atomic mass is 10.2. The van der Waals surface area contributed by atoms with Crippen molar-refractivity contribution in [2.24, 2.45) is 0 Å². The predicted octanol–water partition coefficient (Wildman–Crippen LogP) is 3.74. The highest BCUT2D eigenvalue weighted by molar-refractivity contribution is 7.20. The molecular formula is C22H24N2O5S. The summed E-state index contributed by atoms with van der Waals surface area (Å²) in [6.07, 6.45) is 3.91. The molecule has 0 N–H and O–H groups in total. The van der Waals surface area contributed by atoms with Gasteiger partial charge in [-0.05, 0) is 49.6 Å². The van der Waals surface area contributed by atoms with E-state index in [-0.39, 0.29) is 18.8 Å². The van der Waals surface area contributed by atoms with Crippen molar-refractivity contribution in [3.63, 3.8) is 0 Å². The Labute approximate surface area is 178 Å². The third-order valence-electron chi connectivity index (χ3n) is 5.24. The molecule has 0 saturated carbocycles. The second-order valence-corrected chi connectivity index (χ2v) is 8.19. The van der Waals surface area contributed by atoms with Gasteiger partial charge in [0.25, 0.3) is 5.56 Å². The highest BCUT2D eigenvalue weighted by atomic mass is 32.1. The second kappa shape index (κ2) is 8.87. The van der Waals surface area contributed by atoms with Crippen LogP contribution in [0.1, 0.15) is 40.3 Å². The Kier molecular flexibility index (Phi) is 6.03. The molecule has 3 aromatic rings. The van der Waals surface area contributed by atoms with Gasteiger partial charge in [-0.3, -0.25) is 9.36 Å². The molecule has 4 rings (SSSR count). The number of carbonyl (C=O) groups excluding carboxylic acids is 1. The molecule has 7 nitrogen and oxygen atoms in total. The zero-order chi connectivity index (χ0) is 21.1. The van der Waals surface area contributed by atoms with Gasteiger partial charge < -0.3 is 14.2 Å². The summed E-state index contributed by atoms with van der Waals surface area (Å²) < 4.78 is 17.8. The molecule has 0 saturated heterocycles. The summed E-state index contributed by atoms with van der Waals surface area (Å²) in [7, 11) is 1.60. The molecule has 2 aromatic heterocycles. The molecule has 158 valence electrons. The van der Waals surface area contributed by atoms with Crippen LogP contribution in [0.3, 0.4) is 0 Å². The SMILES string of the molecule is COc1ccc(OCCOC(=O)c2sc3nc4n(c(=O)c3c2C)CCCCC4)cc1. The first-order valence-corrected chi connectivity index (χ1v) is 10.9. The van der Waals surface area contributed by atoms with E-state index in [1.807, 2.05) is 0 Å². The second-order valence-electron chi connectivity index (χ2n) is 7.19. The zero-order valence-electron chi connectivity index (χ0n) is 17.1. The summed E-state index contributed by atoms with van der Waals surface area (Å²) in [6.45, 7) is 2.82. The Morgan fingerprint density at radius 3 is 2.67 bits per heavy atom. The molecule has 0 radical (unpaired) electrons. The maximum absolute atomic E-state index is 13.0. The fourth-order valence-corrected chi connectivity index (χ4v) is 4.72. The Morgan fingerprint density at radius 2 is 1.90 bits per heavy atom. The van der Waals surface area contributed by atoms with Crippen LogP contribution in [0.15, 0.2) is 29.1 Å². The number of methoxy groups -OCH3 is 1. The van der Waals surface area contributed by atoms with Crippen molar-refractivity contribution in [1.82, 2.24) is 9.55 Å². The molecule has 0 amide bonds. The summed E-state index contributed by atoms with van der Waals surface area (Å²) in [6, 6.07) is 7.18. The van der Waals surface area contributed by atoms with Crippen molar-refractivity contribution in [3.8, 4) is 11.5 Å². The van der Waals surface area contributed by atoms with Gasteiger partial charge in [-0.1, -0.05) is 6.42 Å². The van der Waals surface area contributed by atoms with E-state index in [0.717, 1.165) is 37.3 Å². The molecule has 1 aliphatic heterocycles. The predicted molar refractivity (Wildman–Crippen MR) is 115 cm³/mol. The third kappa shape index (κ3) is 4.05. The van der Waals surface area contributed by atoms with E-state index >= 15 is 0 Å². The minimum absolute atomic E-state index is 0.0486. The smallest absolute Gasteiger partial charge is 0.348 e. The van der Waals surface area contributed by atoms with Gasteiger partial charge in [-0.25, -0.2) is 9.78 Å². The number of hydrogen-bond acceptors (Lipinski definition) is 7. The molecule has 0 spiro atoms. The number of fused-ring (bicyclic) bond motifs is 2. The van der Waals surface area contributed by atoms with E-state index in [2.05, 4.69) is 4.98 Å². The van der Waals surface area contributed by atoms with Crippen LogP contribution in [-0.2, 0) is 17.7 Å². The molecule has 30 heavy (non-hydrogen) atoms. The number of aromatic nitrogens is 2. The van der Waals surface area contributed by atoms with Gasteiger partial charge in [0.2, 0.25) is 0 Å². The third-order valence-corrected chi connectivity index (χ3v) is 6.41. The molecule has 1 aromatic carbocycles. The van der Waals surface area contributed by atoms with Crippen molar-refractivity contribution < 1.29 is 19.0 Å². The molecule has 0 fully saturated rings. The maximum atomic E-state index is 13.0. The van der Waals surface area contributed by atoms with Crippen molar-refractivity contribution in [3.05, 3.63) is 50.9 Å². The molecule has 0 atom stereocenters. The maximum Gasteiger partial charge on any atom is 0.348 e. The number of aryl methyl sites for hydroxylation is 2. The topological polar surface area (TPSA) is 79.7 Å². The molecule has 3 heterocycles. The normalized spacial score (nSPS) is 13.5. The summed E-state index contributed by atoms with van der Waals surface area (Å²) in [5, 5.41) is 0.534. The van der Waals surface area contributed by atoms with Crippen LogP contribution in [0.4, 0.5) is 0 Å². The summed E-state index contributed by atoms with van der Waals surface area (Å²) >= 11 is 1.23. The van der Waals surface area contributed by atoms with Crippen molar-refractivity contribution in [2.75, 3.05) is 20.3 Å². The number of rotatable bonds is 6. The number of benzene rings is 1. The average Bonchev–Trinajstić information content (AvgIpc) is 2.92. The van der Waals surface area contributed by atoms with E-state index in [0.29, 0.717) is 33.0 Å². The first-order chi connectivity index (χ1) is 14.6. The van der Waals surface area contributed by atoms with Crippen LogP contribution in [-0.4, -0.2) is 35.8 Å². The van der Waals surface area contributed by atoms with Crippen molar-refractivity contribution in [2.45, 2.75) is 39.2 Å². The largest absolute Gasteiger partial charge is 0.497 e. The first kappa shape index (κ1) is 20.4. The van der Waals surface area contributed by atoms with Crippen LogP contribution < -0.4 is 15.0 Å². The van der Waals surface area contributed by atoms with Crippen LogP contribution in [0, 0.1) is 6.92 Å². The van der Waals surface area contributed by atoms with Crippen LogP contribution in [0.2, 0.25) is 0 Å². The van der Waals surface area contributed by atoms with Gasteiger partial charge in [0.15, 0.2) is 0 Å². The van der Waals surface area contributed by atoms with E-state index in [9.17, 15) is 9.59 Å². The van der Waals surface area contributed by atoms with Gasteiger partial charge in [-0.15, -0.1) is 11.3 Å². The number of hydrogen-bond donors (Lipinski definition) is 0. The van der Waals surface area contributed by atoms with E-state index in [4.69, 9.17) is 14.2 Å². The Morgan fingerprint density at radius 1 is 1.13 bits per heavy atom. The lowest BCUT2D eigenvalue weighted by Gasteiger charge is -2.08. The van der Waals surface area contributed by atoms with Gasteiger partial charge in [0.05, 0.1) is 12.5 Å². The van der Waals surface area contributed by atoms with Gasteiger partial charge in [0.1, 0.15) is 40.2 Å². The van der Waals surface area contributed by atoms with Crippen LogP contribution in [0.25, 0.3) is 10.2 Å². The quantitative estimate of drug-likeness (QED) is 0.440. The van der Waals surface area contributed by atoms with E-state index < -0.39 is 5.97 Å². The molecule has 0 unspecified atom stereocenters. The van der Waals surface area contributed by atoms with Crippen molar-refractivity contribution in [1.29, 1.82) is 0 Å². The van der Waals surface area contributed by atoms with E-state index in [1.165, 1.54) is 11.3 Å². The fourth-order valence-electron chi connectivity index (χ4n) is 3.64. The number of carbonyl (C=O) groups is 1. The Bertz CT molecular complexity index is 1120. The number of ether oxygens (including phenoxy) is 3. The molecule has 0 bridgehead atoms. The Hall–Kier alpha value is -2.87. The monoisotopic (exact) mass is 428 g/mol. The van der Waals surface area contributed by atoms with Gasteiger partial charge in [0, 0.05) is 13.0 Å². The molecule has 1 aliphatic rings. The minimum Gasteiger partial charge on any atom is -0.497 e.